The normalized spacial score (nSPS) is 17.1. The van der Waals surface area contributed by atoms with Gasteiger partial charge in [-0.3, -0.25) is 4.79 Å². The molecule has 0 radical (unpaired) electrons. The lowest BCUT2D eigenvalue weighted by atomic mass is 10.0. The molecule has 2 aromatic rings. The van der Waals surface area contributed by atoms with Crippen LogP contribution in [0.25, 0.3) is 10.8 Å². The molecule has 1 heterocycles. The molecule has 3 rings (SSSR count). The zero-order valence-electron chi connectivity index (χ0n) is 13.5. The second kappa shape index (κ2) is 7.17. The molecular formula is C19H21N3O2. The predicted molar refractivity (Wildman–Crippen MR) is 94.5 cm³/mol. The van der Waals surface area contributed by atoms with Crippen LogP contribution < -0.4 is 10.6 Å². The summed E-state index contributed by atoms with van der Waals surface area (Å²) >= 11 is 0. The summed E-state index contributed by atoms with van der Waals surface area (Å²) in [5, 5.41) is 7.83. The number of benzene rings is 2. The maximum atomic E-state index is 12.3. The maximum Gasteiger partial charge on any atom is 0.315 e. The van der Waals surface area contributed by atoms with Gasteiger partial charge in [0.2, 0.25) is 5.91 Å². The number of hydrogen-bond acceptors (Lipinski definition) is 2. The molecule has 0 unspecified atom stereocenters. The maximum absolute atomic E-state index is 12.3. The third-order valence-corrected chi connectivity index (χ3v) is 4.20. The largest absolute Gasteiger partial charge is 0.336 e. The Morgan fingerprint density at radius 3 is 2.88 bits per heavy atom. The van der Waals surface area contributed by atoms with Crippen LogP contribution in [0.4, 0.5) is 4.79 Å². The molecule has 1 fully saturated rings. The van der Waals surface area contributed by atoms with Crippen LogP contribution in [-0.4, -0.2) is 36.0 Å². The number of carbonyl (C=O) groups is 2. The van der Waals surface area contributed by atoms with Crippen LogP contribution >= 0.6 is 0 Å². The summed E-state index contributed by atoms with van der Waals surface area (Å²) in [6, 6.07) is 13.9. The number of urea groups is 1. The zero-order chi connectivity index (χ0) is 16.9. The smallest absolute Gasteiger partial charge is 0.315 e. The Morgan fingerprint density at radius 2 is 2.04 bits per heavy atom. The van der Waals surface area contributed by atoms with Gasteiger partial charge >= 0.3 is 6.03 Å². The van der Waals surface area contributed by atoms with E-state index in [9.17, 15) is 9.59 Å². The van der Waals surface area contributed by atoms with Crippen LogP contribution in [-0.2, 0) is 11.3 Å². The predicted octanol–water partition coefficient (Wildman–Crippen LogP) is 2.43. The molecule has 0 aliphatic carbocycles. The molecule has 1 atom stereocenters. The fraction of sp³-hybridized carbons (Fsp3) is 0.263. The monoisotopic (exact) mass is 323 g/mol. The lowest BCUT2D eigenvalue weighted by Crippen LogP contribution is -2.43. The molecule has 3 amide bonds. The molecule has 1 aliphatic heterocycles. The summed E-state index contributed by atoms with van der Waals surface area (Å²) in [6.45, 7) is 5.06. The molecule has 1 saturated heterocycles. The van der Waals surface area contributed by atoms with Gasteiger partial charge in [0.1, 0.15) is 0 Å². The molecule has 1 aliphatic rings. The fourth-order valence-corrected chi connectivity index (χ4v) is 3.06. The van der Waals surface area contributed by atoms with Crippen LogP contribution in [0.2, 0.25) is 0 Å². The third kappa shape index (κ3) is 3.56. The highest BCUT2D eigenvalue weighted by atomic mass is 16.2. The highest BCUT2D eigenvalue weighted by Gasteiger charge is 2.30. The van der Waals surface area contributed by atoms with Crippen LogP contribution in [0.5, 0.6) is 0 Å². The molecular weight excluding hydrogens is 302 g/mol. The van der Waals surface area contributed by atoms with E-state index >= 15 is 0 Å². The van der Waals surface area contributed by atoms with Crippen LogP contribution in [0.15, 0.2) is 55.1 Å². The first kappa shape index (κ1) is 16.1. The SMILES string of the molecule is C=CCNC(=O)N[C@H]1CC(=O)N(Cc2cccc3ccccc23)C1. The van der Waals surface area contributed by atoms with Gasteiger partial charge in [0.15, 0.2) is 0 Å². The van der Waals surface area contributed by atoms with Crippen LogP contribution in [0, 0.1) is 0 Å². The molecule has 0 aromatic heterocycles. The molecule has 5 nitrogen and oxygen atoms in total. The number of fused-ring (bicyclic) bond motifs is 1. The van der Waals surface area contributed by atoms with Crippen molar-refractivity contribution in [3.8, 4) is 0 Å². The van der Waals surface area contributed by atoms with Gasteiger partial charge in [-0.05, 0) is 16.3 Å². The van der Waals surface area contributed by atoms with E-state index in [-0.39, 0.29) is 18.0 Å². The first-order valence-corrected chi connectivity index (χ1v) is 8.07. The summed E-state index contributed by atoms with van der Waals surface area (Å²) in [4.78, 5) is 25.8. The van der Waals surface area contributed by atoms with E-state index in [1.165, 1.54) is 5.39 Å². The average Bonchev–Trinajstić information content (AvgIpc) is 2.92. The Morgan fingerprint density at radius 1 is 1.25 bits per heavy atom. The van der Waals surface area contributed by atoms with Crippen molar-refractivity contribution in [2.75, 3.05) is 13.1 Å². The Balaban J connectivity index is 1.66. The van der Waals surface area contributed by atoms with Crippen molar-refractivity contribution >= 4 is 22.7 Å². The van der Waals surface area contributed by atoms with Gasteiger partial charge in [-0.2, -0.15) is 0 Å². The van der Waals surface area contributed by atoms with Gasteiger partial charge < -0.3 is 15.5 Å². The van der Waals surface area contributed by atoms with E-state index in [0.717, 1.165) is 10.9 Å². The van der Waals surface area contributed by atoms with Gasteiger partial charge in [0, 0.05) is 26.1 Å². The van der Waals surface area contributed by atoms with Crippen LogP contribution in [0.1, 0.15) is 12.0 Å². The van der Waals surface area contributed by atoms with E-state index in [1.807, 2.05) is 24.3 Å². The summed E-state index contributed by atoms with van der Waals surface area (Å²) in [5.41, 5.74) is 1.12. The Labute approximate surface area is 141 Å². The topological polar surface area (TPSA) is 61.4 Å². The minimum absolute atomic E-state index is 0.0666. The number of amides is 3. The summed E-state index contributed by atoms with van der Waals surface area (Å²) < 4.78 is 0. The fourth-order valence-electron chi connectivity index (χ4n) is 3.06. The van der Waals surface area contributed by atoms with Crippen molar-refractivity contribution in [3.63, 3.8) is 0 Å². The number of rotatable bonds is 5. The van der Waals surface area contributed by atoms with Crippen molar-refractivity contribution in [1.29, 1.82) is 0 Å². The van der Waals surface area contributed by atoms with Gasteiger partial charge in [0.05, 0.1) is 6.04 Å². The summed E-state index contributed by atoms with van der Waals surface area (Å²) in [7, 11) is 0. The highest BCUT2D eigenvalue weighted by Crippen LogP contribution is 2.22. The second-order valence-corrected chi connectivity index (χ2v) is 5.96. The van der Waals surface area contributed by atoms with E-state index in [0.29, 0.717) is 26.1 Å². The van der Waals surface area contributed by atoms with Crippen molar-refractivity contribution < 1.29 is 9.59 Å². The highest BCUT2D eigenvalue weighted by molar-refractivity contribution is 5.87. The minimum atomic E-state index is -0.264. The zero-order valence-corrected chi connectivity index (χ0v) is 13.5. The first-order valence-electron chi connectivity index (χ1n) is 8.07. The first-order chi connectivity index (χ1) is 11.7. The quantitative estimate of drug-likeness (QED) is 0.830. The Hall–Kier alpha value is -2.82. The average molecular weight is 323 g/mol. The lowest BCUT2D eigenvalue weighted by Gasteiger charge is -2.18. The van der Waals surface area contributed by atoms with Gasteiger partial charge in [0.25, 0.3) is 0 Å². The van der Waals surface area contributed by atoms with Crippen molar-refractivity contribution in [3.05, 3.63) is 60.7 Å². The molecule has 0 saturated carbocycles. The third-order valence-electron chi connectivity index (χ3n) is 4.20. The van der Waals surface area contributed by atoms with Crippen LogP contribution in [0.3, 0.4) is 0 Å². The molecule has 2 N–H and O–H groups in total. The van der Waals surface area contributed by atoms with Crippen molar-refractivity contribution in [2.24, 2.45) is 0 Å². The second-order valence-electron chi connectivity index (χ2n) is 5.96. The lowest BCUT2D eigenvalue weighted by molar-refractivity contribution is -0.128. The number of nitrogens with one attached hydrogen (secondary N) is 2. The summed E-state index contributed by atoms with van der Waals surface area (Å²) in [6.07, 6.45) is 1.96. The molecule has 124 valence electrons. The van der Waals surface area contributed by atoms with Crippen molar-refractivity contribution in [2.45, 2.75) is 19.0 Å². The number of carbonyl (C=O) groups excluding carboxylic acids is 2. The van der Waals surface area contributed by atoms with E-state index in [1.54, 1.807) is 11.0 Å². The molecule has 24 heavy (non-hydrogen) atoms. The molecule has 5 heteroatoms. The minimum Gasteiger partial charge on any atom is -0.336 e. The number of hydrogen-bond donors (Lipinski definition) is 2. The van der Waals surface area contributed by atoms with E-state index in [4.69, 9.17) is 0 Å². The Bertz CT molecular complexity index is 767. The Kier molecular flexibility index (Phi) is 4.79. The van der Waals surface area contributed by atoms with Gasteiger partial charge in [-0.15, -0.1) is 6.58 Å². The molecule has 2 aromatic carbocycles. The molecule has 0 spiro atoms. The van der Waals surface area contributed by atoms with Gasteiger partial charge in [-0.1, -0.05) is 48.5 Å². The summed E-state index contributed by atoms with van der Waals surface area (Å²) in [5.74, 6) is 0.0666. The van der Waals surface area contributed by atoms with Crippen molar-refractivity contribution in [1.82, 2.24) is 15.5 Å². The standard InChI is InChI=1S/C19H21N3O2/c1-2-10-20-19(24)21-16-11-18(23)22(13-16)12-15-8-5-7-14-6-3-4-9-17(14)15/h2-9,16H,1,10-13H2,(H2,20,21,24)/t16-/m0/s1. The molecule has 0 bridgehead atoms. The van der Waals surface area contributed by atoms with Gasteiger partial charge in [-0.25, -0.2) is 4.79 Å². The number of nitrogens with zero attached hydrogens (tertiary/aromatic N) is 1. The van der Waals surface area contributed by atoms with E-state index in [2.05, 4.69) is 35.4 Å². The van der Waals surface area contributed by atoms with E-state index < -0.39 is 0 Å². The number of likely N-dealkylation sites (tertiary alicyclic amines) is 1.